The van der Waals surface area contributed by atoms with Crippen LogP contribution in [0.5, 0.6) is 0 Å². The third-order valence-electron chi connectivity index (χ3n) is 3.72. The van der Waals surface area contributed by atoms with Crippen molar-refractivity contribution in [2.75, 3.05) is 0 Å². The van der Waals surface area contributed by atoms with Crippen molar-refractivity contribution in [3.8, 4) is 12.3 Å². The number of aromatic nitrogens is 1. The van der Waals surface area contributed by atoms with Crippen LogP contribution >= 0.6 is 0 Å². The number of nitrogens with zero attached hydrogens (tertiary/aromatic N) is 1. The highest BCUT2D eigenvalue weighted by Crippen LogP contribution is 2.33. The molecule has 2 aromatic carbocycles. The zero-order valence-corrected chi connectivity index (χ0v) is 11.5. The third kappa shape index (κ3) is 2.40. The van der Waals surface area contributed by atoms with Crippen LogP contribution in [-0.4, -0.2) is 10.1 Å². The molecule has 0 saturated carbocycles. The van der Waals surface area contributed by atoms with Crippen LogP contribution in [0.4, 0.5) is 0 Å². The predicted molar refractivity (Wildman–Crippen MR) is 84.6 cm³/mol. The van der Waals surface area contributed by atoms with Gasteiger partial charge in [0, 0.05) is 24.4 Å². The van der Waals surface area contributed by atoms with Crippen LogP contribution in [0.15, 0.2) is 67.0 Å². The van der Waals surface area contributed by atoms with Gasteiger partial charge in [0.2, 0.25) is 0 Å². The van der Waals surface area contributed by atoms with Crippen molar-refractivity contribution < 1.29 is 5.11 Å². The summed E-state index contributed by atoms with van der Waals surface area (Å²) in [4.78, 5) is 4.09. The topological polar surface area (TPSA) is 33.1 Å². The number of hydrogen-bond donors (Lipinski definition) is 1. The van der Waals surface area contributed by atoms with Crippen LogP contribution < -0.4 is 0 Å². The van der Waals surface area contributed by atoms with Crippen LogP contribution in [0.1, 0.15) is 17.5 Å². The molecule has 1 heterocycles. The molecule has 0 saturated heterocycles. The minimum atomic E-state index is -1.22. The van der Waals surface area contributed by atoms with Gasteiger partial charge in [-0.25, -0.2) is 0 Å². The Morgan fingerprint density at radius 1 is 1.00 bits per heavy atom. The van der Waals surface area contributed by atoms with Crippen LogP contribution in [-0.2, 0) is 5.60 Å². The van der Waals surface area contributed by atoms with E-state index in [9.17, 15) is 5.11 Å². The molecule has 1 N–H and O–H groups in total. The largest absolute Gasteiger partial charge is 0.379 e. The molecule has 102 valence electrons. The second-order valence-electron chi connectivity index (χ2n) is 5.04. The Balaban J connectivity index is 2.18. The smallest absolute Gasteiger partial charge is 0.127 e. The first-order valence-electron chi connectivity index (χ1n) is 6.80. The van der Waals surface area contributed by atoms with Crippen LogP contribution in [0.2, 0.25) is 0 Å². The van der Waals surface area contributed by atoms with E-state index >= 15 is 0 Å². The third-order valence-corrected chi connectivity index (χ3v) is 3.72. The van der Waals surface area contributed by atoms with E-state index in [1.54, 1.807) is 18.5 Å². The molecule has 0 bridgehead atoms. The number of benzene rings is 2. The lowest BCUT2D eigenvalue weighted by atomic mass is 9.84. The molecule has 1 atom stereocenters. The molecular weight excluding hydrogens is 258 g/mol. The van der Waals surface area contributed by atoms with Crippen molar-refractivity contribution in [2.45, 2.75) is 12.0 Å². The summed E-state index contributed by atoms with van der Waals surface area (Å²) < 4.78 is 0. The van der Waals surface area contributed by atoms with Crippen molar-refractivity contribution in [3.63, 3.8) is 0 Å². The zero-order valence-electron chi connectivity index (χ0n) is 11.5. The van der Waals surface area contributed by atoms with Gasteiger partial charge in [0.05, 0.1) is 0 Å². The molecule has 0 aliphatic rings. The van der Waals surface area contributed by atoms with Gasteiger partial charge in [-0.2, -0.15) is 0 Å². The highest BCUT2D eigenvalue weighted by Gasteiger charge is 2.31. The molecule has 3 rings (SSSR count). The van der Waals surface area contributed by atoms with Gasteiger partial charge < -0.3 is 5.11 Å². The number of rotatable bonds is 3. The van der Waals surface area contributed by atoms with E-state index in [1.165, 1.54) is 0 Å². The van der Waals surface area contributed by atoms with Gasteiger partial charge in [0.15, 0.2) is 0 Å². The number of aliphatic hydroxyl groups is 1. The highest BCUT2D eigenvalue weighted by molar-refractivity contribution is 5.83. The molecule has 0 aliphatic carbocycles. The number of hydrogen-bond acceptors (Lipinski definition) is 2. The van der Waals surface area contributed by atoms with Gasteiger partial charge in [0.1, 0.15) is 5.60 Å². The Bertz CT molecular complexity index is 804. The Kier molecular flexibility index (Phi) is 3.43. The normalized spacial score (nSPS) is 13.5. The first-order valence-corrected chi connectivity index (χ1v) is 6.80. The number of pyridine rings is 1. The molecular formula is C19H15NO. The van der Waals surface area contributed by atoms with Crippen molar-refractivity contribution in [1.29, 1.82) is 0 Å². The molecule has 2 nitrogen and oxygen atoms in total. The molecule has 0 aliphatic heterocycles. The average molecular weight is 273 g/mol. The lowest BCUT2D eigenvalue weighted by molar-refractivity contribution is 0.0863. The molecule has 1 aromatic heterocycles. The number of terminal acetylenes is 1. The molecule has 0 fully saturated rings. The summed E-state index contributed by atoms with van der Waals surface area (Å²) in [5, 5.41) is 13.3. The van der Waals surface area contributed by atoms with E-state index in [-0.39, 0.29) is 6.42 Å². The summed E-state index contributed by atoms with van der Waals surface area (Å²) in [5.74, 6) is 2.58. The highest BCUT2D eigenvalue weighted by atomic mass is 16.3. The van der Waals surface area contributed by atoms with Gasteiger partial charge in [0.25, 0.3) is 0 Å². The summed E-state index contributed by atoms with van der Waals surface area (Å²) in [6, 6.07) is 17.6. The second-order valence-corrected chi connectivity index (χ2v) is 5.04. The van der Waals surface area contributed by atoms with E-state index in [2.05, 4.69) is 10.9 Å². The maximum atomic E-state index is 11.1. The Labute approximate surface area is 124 Å². The Hall–Kier alpha value is -2.63. The van der Waals surface area contributed by atoms with Crippen LogP contribution in [0.25, 0.3) is 10.8 Å². The fraction of sp³-hybridized carbons (Fsp3) is 0.105. The molecule has 2 heteroatoms. The van der Waals surface area contributed by atoms with Crippen LogP contribution in [0, 0.1) is 12.3 Å². The molecule has 1 unspecified atom stereocenters. The van der Waals surface area contributed by atoms with Gasteiger partial charge in [-0.05, 0) is 28.5 Å². The average Bonchev–Trinajstić information content (AvgIpc) is 2.55. The molecule has 3 aromatic rings. The summed E-state index contributed by atoms with van der Waals surface area (Å²) in [7, 11) is 0. The van der Waals surface area contributed by atoms with Gasteiger partial charge >= 0.3 is 0 Å². The minimum Gasteiger partial charge on any atom is -0.379 e. The van der Waals surface area contributed by atoms with Gasteiger partial charge in [-0.15, -0.1) is 12.3 Å². The predicted octanol–water partition coefficient (Wildman–Crippen LogP) is 3.49. The van der Waals surface area contributed by atoms with Crippen molar-refractivity contribution in [2.24, 2.45) is 0 Å². The second kappa shape index (κ2) is 5.40. The SMILES string of the molecule is C#CCC(O)(c1cccnc1)c1ccc2ccccc2c1. The van der Waals surface area contributed by atoms with Crippen LogP contribution in [0.3, 0.4) is 0 Å². The van der Waals surface area contributed by atoms with Gasteiger partial charge in [-0.1, -0.05) is 42.5 Å². The Morgan fingerprint density at radius 3 is 2.52 bits per heavy atom. The minimum absolute atomic E-state index is 0.205. The number of fused-ring (bicyclic) bond motifs is 1. The molecule has 0 spiro atoms. The van der Waals surface area contributed by atoms with Crippen molar-refractivity contribution in [3.05, 3.63) is 78.1 Å². The van der Waals surface area contributed by atoms with Crippen molar-refractivity contribution in [1.82, 2.24) is 4.98 Å². The maximum Gasteiger partial charge on any atom is 0.127 e. The summed E-state index contributed by atoms with van der Waals surface area (Å²) >= 11 is 0. The zero-order chi connectivity index (χ0) is 14.7. The molecule has 21 heavy (non-hydrogen) atoms. The summed E-state index contributed by atoms with van der Waals surface area (Å²) in [6.45, 7) is 0. The first kappa shape index (κ1) is 13.4. The van der Waals surface area contributed by atoms with Gasteiger partial charge in [-0.3, -0.25) is 4.98 Å². The lowest BCUT2D eigenvalue weighted by Gasteiger charge is -2.27. The van der Waals surface area contributed by atoms with E-state index in [0.29, 0.717) is 5.56 Å². The first-order chi connectivity index (χ1) is 10.2. The summed E-state index contributed by atoms with van der Waals surface area (Å²) in [5.41, 5.74) is 0.276. The van der Waals surface area contributed by atoms with E-state index in [0.717, 1.165) is 16.3 Å². The fourth-order valence-corrected chi connectivity index (χ4v) is 2.57. The quantitative estimate of drug-likeness (QED) is 0.741. The molecule has 0 radical (unpaired) electrons. The Morgan fingerprint density at radius 2 is 1.81 bits per heavy atom. The monoisotopic (exact) mass is 273 g/mol. The standard InChI is InChI=1S/C19H15NO/c1-2-11-19(21,18-8-5-12-20-14-18)17-10-9-15-6-3-4-7-16(15)13-17/h1,3-10,12-14,21H,11H2. The van der Waals surface area contributed by atoms with E-state index < -0.39 is 5.60 Å². The van der Waals surface area contributed by atoms with E-state index in [4.69, 9.17) is 6.42 Å². The van der Waals surface area contributed by atoms with E-state index in [1.807, 2.05) is 48.5 Å². The van der Waals surface area contributed by atoms with Crippen molar-refractivity contribution >= 4 is 10.8 Å². The fourth-order valence-electron chi connectivity index (χ4n) is 2.57. The summed E-state index contributed by atoms with van der Waals surface area (Å²) in [6.07, 6.45) is 9.02. The molecule has 0 amide bonds. The maximum absolute atomic E-state index is 11.1. The lowest BCUT2D eigenvalue weighted by Crippen LogP contribution is -2.26.